The summed E-state index contributed by atoms with van der Waals surface area (Å²) in [4.78, 5) is 8.25. The lowest BCUT2D eigenvalue weighted by atomic mass is 9.96. The fourth-order valence-corrected chi connectivity index (χ4v) is 2.32. The summed E-state index contributed by atoms with van der Waals surface area (Å²) in [6, 6.07) is 13.7. The highest BCUT2D eigenvalue weighted by molar-refractivity contribution is 5.88. The number of fused-ring (bicyclic) bond motifs is 1. The van der Waals surface area contributed by atoms with Crippen molar-refractivity contribution < 1.29 is 9.50 Å². The molecule has 0 radical (unpaired) electrons. The minimum atomic E-state index is -1.06. The Morgan fingerprint density at radius 1 is 1.14 bits per heavy atom. The van der Waals surface area contributed by atoms with Gasteiger partial charge in [0.05, 0.1) is 5.52 Å². The summed E-state index contributed by atoms with van der Waals surface area (Å²) in [5.41, 5.74) is 0.386. The van der Waals surface area contributed by atoms with E-state index in [0.717, 1.165) is 5.56 Å². The van der Waals surface area contributed by atoms with Crippen molar-refractivity contribution >= 4 is 16.7 Å². The Bertz CT molecular complexity index is 790. The number of benzene rings is 2. The maximum atomic E-state index is 13.4. The van der Waals surface area contributed by atoms with Crippen molar-refractivity contribution in [3.8, 4) is 0 Å². The van der Waals surface area contributed by atoms with Gasteiger partial charge >= 0.3 is 0 Å². The van der Waals surface area contributed by atoms with Gasteiger partial charge in [-0.2, -0.15) is 0 Å². The van der Waals surface area contributed by atoms with Crippen molar-refractivity contribution in [2.75, 3.05) is 11.9 Å². The molecular weight excluding hydrogens is 281 g/mol. The quantitative estimate of drug-likeness (QED) is 0.777. The topological polar surface area (TPSA) is 58.0 Å². The Morgan fingerprint density at radius 3 is 2.68 bits per heavy atom. The van der Waals surface area contributed by atoms with Crippen molar-refractivity contribution in [3.05, 3.63) is 66.2 Å². The van der Waals surface area contributed by atoms with Crippen LogP contribution >= 0.6 is 0 Å². The number of nitrogens with zero attached hydrogens (tertiary/aromatic N) is 2. The monoisotopic (exact) mass is 297 g/mol. The third kappa shape index (κ3) is 2.89. The number of anilines is 1. The number of aliphatic hydroxyl groups is 1. The van der Waals surface area contributed by atoms with Gasteiger partial charge in [-0.15, -0.1) is 0 Å². The first-order valence-corrected chi connectivity index (χ1v) is 6.98. The van der Waals surface area contributed by atoms with Crippen molar-refractivity contribution in [3.63, 3.8) is 0 Å². The van der Waals surface area contributed by atoms with Crippen LogP contribution in [0.4, 0.5) is 10.2 Å². The Kier molecular flexibility index (Phi) is 3.73. The smallest absolute Gasteiger partial charge is 0.137 e. The average Bonchev–Trinajstić information content (AvgIpc) is 2.54. The van der Waals surface area contributed by atoms with Crippen molar-refractivity contribution in [1.82, 2.24) is 9.97 Å². The van der Waals surface area contributed by atoms with Gasteiger partial charge in [0.1, 0.15) is 23.6 Å². The molecule has 0 spiro atoms. The largest absolute Gasteiger partial charge is 0.384 e. The van der Waals surface area contributed by atoms with Crippen LogP contribution in [0, 0.1) is 5.82 Å². The number of rotatable bonds is 4. The Hall–Kier alpha value is -2.53. The lowest BCUT2D eigenvalue weighted by Gasteiger charge is -2.24. The maximum Gasteiger partial charge on any atom is 0.137 e. The van der Waals surface area contributed by atoms with Crippen LogP contribution in [0.1, 0.15) is 12.5 Å². The van der Waals surface area contributed by atoms with Crippen LogP contribution in [0.3, 0.4) is 0 Å². The van der Waals surface area contributed by atoms with Crippen LogP contribution in [-0.4, -0.2) is 21.6 Å². The van der Waals surface area contributed by atoms with E-state index in [2.05, 4.69) is 15.3 Å². The summed E-state index contributed by atoms with van der Waals surface area (Å²) in [5.74, 6) is 0.154. The SMILES string of the molecule is C[C@](O)(CNc1ncnc2ccc(F)cc12)c1ccccc1. The maximum absolute atomic E-state index is 13.4. The zero-order valence-corrected chi connectivity index (χ0v) is 12.1. The predicted molar refractivity (Wildman–Crippen MR) is 84.0 cm³/mol. The Balaban J connectivity index is 1.86. The standard InChI is InChI=1S/C17H16FN3O/c1-17(22,12-5-3-2-4-6-12)10-19-16-14-9-13(18)7-8-15(14)20-11-21-16/h2-9,11,22H,10H2,1H3,(H,19,20,21)/t17-/m0/s1. The molecule has 0 aliphatic carbocycles. The van der Waals surface area contributed by atoms with Crippen molar-refractivity contribution in [2.24, 2.45) is 0 Å². The van der Waals surface area contributed by atoms with E-state index in [4.69, 9.17) is 0 Å². The molecule has 1 heterocycles. The van der Waals surface area contributed by atoms with E-state index >= 15 is 0 Å². The minimum Gasteiger partial charge on any atom is -0.384 e. The molecule has 0 unspecified atom stereocenters. The van der Waals surface area contributed by atoms with E-state index in [0.29, 0.717) is 16.7 Å². The van der Waals surface area contributed by atoms with Crippen LogP contribution in [0.25, 0.3) is 10.9 Å². The first-order chi connectivity index (χ1) is 10.6. The molecule has 0 saturated heterocycles. The molecule has 0 saturated carbocycles. The van der Waals surface area contributed by atoms with Gasteiger partial charge in [0, 0.05) is 11.9 Å². The molecule has 0 aliphatic rings. The first kappa shape index (κ1) is 14.4. The molecule has 2 aromatic carbocycles. The highest BCUT2D eigenvalue weighted by atomic mass is 19.1. The van der Waals surface area contributed by atoms with Gasteiger partial charge in [0.25, 0.3) is 0 Å². The fourth-order valence-electron chi connectivity index (χ4n) is 2.32. The number of hydrogen-bond acceptors (Lipinski definition) is 4. The fraction of sp³-hybridized carbons (Fsp3) is 0.176. The van der Waals surface area contributed by atoms with Gasteiger partial charge in [-0.25, -0.2) is 14.4 Å². The molecule has 4 nitrogen and oxygen atoms in total. The molecule has 3 aromatic rings. The van der Waals surface area contributed by atoms with Crippen molar-refractivity contribution in [1.29, 1.82) is 0 Å². The Morgan fingerprint density at radius 2 is 1.91 bits per heavy atom. The van der Waals surface area contributed by atoms with E-state index in [-0.39, 0.29) is 12.4 Å². The van der Waals surface area contributed by atoms with Crippen LogP contribution in [0.5, 0.6) is 0 Å². The van der Waals surface area contributed by atoms with E-state index in [9.17, 15) is 9.50 Å². The molecular formula is C17H16FN3O. The second-order valence-electron chi connectivity index (χ2n) is 5.38. The van der Waals surface area contributed by atoms with Gasteiger partial charge in [0.15, 0.2) is 0 Å². The van der Waals surface area contributed by atoms with Gasteiger partial charge < -0.3 is 10.4 Å². The summed E-state index contributed by atoms with van der Waals surface area (Å²) in [5, 5.41) is 14.3. The molecule has 0 amide bonds. The third-order valence-electron chi connectivity index (χ3n) is 3.59. The van der Waals surface area contributed by atoms with Gasteiger partial charge in [0.2, 0.25) is 0 Å². The lowest BCUT2D eigenvalue weighted by Crippen LogP contribution is -2.31. The summed E-state index contributed by atoms with van der Waals surface area (Å²) >= 11 is 0. The number of nitrogens with one attached hydrogen (secondary N) is 1. The van der Waals surface area contributed by atoms with Gasteiger partial charge in [-0.1, -0.05) is 30.3 Å². The summed E-state index contributed by atoms with van der Waals surface area (Å²) in [6.07, 6.45) is 1.42. The predicted octanol–water partition coefficient (Wildman–Crippen LogP) is 3.09. The molecule has 3 rings (SSSR count). The van der Waals surface area contributed by atoms with Crippen LogP contribution in [0.15, 0.2) is 54.9 Å². The summed E-state index contributed by atoms with van der Waals surface area (Å²) in [6.45, 7) is 1.97. The first-order valence-electron chi connectivity index (χ1n) is 6.98. The van der Waals surface area contributed by atoms with E-state index in [1.165, 1.54) is 18.5 Å². The lowest BCUT2D eigenvalue weighted by molar-refractivity contribution is 0.0715. The average molecular weight is 297 g/mol. The minimum absolute atomic E-state index is 0.250. The molecule has 1 atom stereocenters. The molecule has 0 bridgehead atoms. The van der Waals surface area contributed by atoms with Gasteiger partial charge in [-0.05, 0) is 30.7 Å². The van der Waals surface area contributed by atoms with Crippen LogP contribution in [-0.2, 0) is 5.60 Å². The molecule has 2 N–H and O–H groups in total. The Labute approximate surface area is 127 Å². The zero-order valence-electron chi connectivity index (χ0n) is 12.1. The third-order valence-corrected chi connectivity index (χ3v) is 3.59. The van der Waals surface area contributed by atoms with Crippen molar-refractivity contribution in [2.45, 2.75) is 12.5 Å². The number of aromatic nitrogens is 2. The molecule has 112 valence electrons. The molecule has 0 fully saturated rings. The van der Waals surface area contributed by atoms with Crippen LogP contribution < -0.4 is 5.32 Å². The van der Waals surface area contributed by atoms with E-state index < -0.39 is 5.60 Å². The second kappa shape index (κ2) is 5.69. The van der Waals surface area contributed by atoms with Crippen LogP contribution in [0.2, 0.25) is 0 Å². The molecule has 22 heavy (non-hydrogen) atoms. The summed E-state index contributed by atoms with van der Waals surface area (Å²) < 4.78 is 13.4. The zero-order chi connectivity index (χ0) is 15.6. The highest BCUT2D eigenvalue weighted by Gasteiger charge is 2.23. The normalized spacial score (nSPS) is 13.8. The molecule has 1 aromatic heterocycles. The summed E-state index contributed by atoms with van der Waals surface area (Å²) in [7, 11) is 0. The molecule has 0 aliphatic heterocycles. The number of hydrogen-bond donors (Lipinski definition) is 2. The molecule has 5 heteroatoms. The second-order valence-corrected chi connectivity index (χ2v) is 5.38. The van der Waals surface area contributed by atoms with E-state index in [1.807, 2.05) is 30.3 Å². The highest BCUT2D eigenvalue weighted by Crippen LogP contribution is 2.24. The number of halogens is 1. The van der Waals surface area contributed by atoms with E-state index in [1.54, 1.807) is 13.0 Å². The van der Waals surface area contributed by atoms with Gasteiger partial charge in [-0.3, -0.25) is 0 Å².